The summed E-state index contributed by atoms with van der Waals surface area (Å²) in [5.41, 5.74) is 4.45. The molecule has 27 heavy (non-hydrogen) atoms. The first-order valence-corrected chi connectivity index (χ1v) is 9.23. The van der Waals surface area contributed by atoms with E-state index in [4.69, 9.17) is 10.1 Å². The lowest BCUT2D eigenvalue weighted by Crippen LogP contribution is -2.20. The van der Waals surface area contributed by atoms with Crippen LogP contribution in [0.5, 0.6) is 0 Å². The first-order chi connectivity index (χ1) is 13.3. The van der Waals surface area contributed by atoms with Crippen LogP contribution in [0.2, 0.25) is 0 Å². The molecule has 0 aliphatic carbocycles. The van der Waals surface area contributed by atoms with Gasteiger partial charge in [-0.05, 0) is 60.5 Å². The summed E-state index contributed by atoms with van der Waals surface area (Å²) < 4.78 is 1.90. The highest BCUT2D eigenvalue weighted by Crippen LogP contribution is 2.27. The maximum atomic E-state index is 4.78. The predicted molar refractivity (Wildman–Crippen MR) is 103 cm³/mol. The molecule has 4 aromatic rings. The smallest absolute Gasteiger partial charge is 0.156 e. The molecule has 0 N–H and O–H groups in total. The molecule has 5 rings (SSSR count). The Kier molecular flexibility index (Phi) is 4.10. The van der Waals surface area contributed by atoms with Crippen LogP contribution in [0, 0.1) is 0 Å². The normalized spacial score (nSPS) is 17.6. The molecule has 4 aromatic heterocycles. The van der Waals surface area contributed by atoms with Gasteiger partial charge in [0.15, 0.2) is 11.5 Å². The van der Waals surface area contributed by atoms with Gasteiger partial charge in [-0.3, -0.25) is 14.9 Å². The number of hydrogen-bond acceptors (Lipinski definition) is 5. The summed E-state index contributed by atoms with van der Waals surface area (Å²) in [6.45, 7) is 3.03. The zero-order chi connectivity index (χ0) is 18.1. The highest BCUT2D eigenvalue weighted by atomic mass is 15.3. The molecule has 0 amide bonds. The average Bonchev–Trinajstić information content (AvgIpc) is 3.35. The van der Waals surface area contributed by atoms with Crippen LogP contribution in [-0.2, 0) is 6.54 Å². The molecular formula is C21H20N6. The molecule has 0 bridgehead atoms. The first kappa shape index (κ1) is 16.1. The van der Waals surface area contributed by atoms with E-state index in [0.29, 0.717) is 5.92 Å². The number of likely N-dealkylation sites (tertiary alicyclic amines) is 1. The lowest BCUT2D eigenvalue weighted by atomic mass is 10.1. The number of pyridine rings is 3. The maximum absolute atomic E-state index is 4.78. The molecule has 0 saturated carbocycles. The minimum absolute atomic E-state index is 0.385. The van der Waals surface area contributed by atoms with Gasteiger partial charge < -0.3 is 0 Å². The number of nitrogens with zero attached hydrogens (tertiary/aromatic N) is 6. The lowest BCUT2D eigenvalue weighted by Gasteiger charge is -2.14. The van der Waals surface area contributed by atoms with Gasteiger partial charge in [0, 0.05) is 55.6 Å². The SMILES string of the molecule is c1cc(CN2CC[C@@H](c3nc4ccc(-c5ccncc5)cn4n3)C2)ccn1. The third-order valence-corrected chi connectivity index (χ3v) is 5.15. The van der Waals surface area contributed by atoms with Crippen LogP contribution in [0.4, 0.5) is 0 Å². The van der Waals surface area contributed by atoms with Gasteiger partial charge in [0.2, 0.25) is 0 Å². The van der Waals surface area contributed by atoms with Crippen LogP contribution in [0.1, 0.15) is 23.7 Å². The zero-order valence-electron chi connectivity index (χ0n) is 14.9. The number of fused-ring (bicyclic) bond motifs is 1. The molecule has 1 fully saturated rings. The van der Waals surface area contributed by atoms with Crippen LogP contribution >= 0.6 is 0 Å². The molecule has 134 valence electrons. The Bertz CT molecular complexity index is 1040. The summed E-state index contributed by atoms with van der Waals surface area (Å²) in [6.07, 6.45) is 10.5. The molecule has 1 aliphatic heterocycles. The van der Waals surface area contributed by atoms with Crippen LogP contribution < -0.4 is 0 Å². The second-order valence-corrected chi connectivity index (χ2v) is 7.00. The maximum Gasteiger partial charge on any atom is 0.156 e. The van der Waals surface area contributed by atoms with Gasteiger partial charge in [0.25, 0.3) is 0 Å². The number of rotatable bonds is 4. The van der Waals surface area contributed by atoms with E-state index in [0.717, 1.165) is 48.7 Å². The molecule has 0 radical (unpaired) electrons. The summed E-state index contributed by atoms with van der Waals surface area (Å²) in [7, 11) is 0. The largest absolute Gasteiger partial charge is 0.298 e. The molecule has 6 heteroatoms. The third kappa shape index (κ3) is 3.31. The van der Waals surface area contributed by atoms with Crippen LogP contribution in [0.15, 0.2) is 67.4 Å². The molecule has 0 unspecified atom stereocenters. The van der Waals surface area contributed by atoms with E-state index in [1.807, 2.05) is 53.7 Å². The standard InChI is InChI=1S/C21H20N6/c1-2-20-24-21(25-27(20)15-18(1)17-5-10-23-11-6-17)19-7-12-26(14-19)13-16-3-8-22-9-4-16/h1-6,8-11,15,19H,7,12-14H2/t19-/m1/s1. The van der Waals surface area contributed by atoms with Crippen molar-refractivity contribution in [1.82, 2.24) is 29.5 Å². The van der Waals surface area contributed by atoms with Gasteiger partial charge in [-0.2, -0.15) is 5.10 Å². The molecule has 0 aromatic carbocycles. The molecule has 0 spiro atoms. The quantitative estimate of drug-likeness (QED) is 0.562. The van der Waals surface area contributed by atoms with E-state index < -0.39 is 0 Å². The average molecular weight is 356 g/mol. The Morgan fingerprint density at radius 2 is 1.67 bits per heavy atom. The third-order valence-electron chi connectivity index (χ3n) is 5.15. The Balaban J connectivity index is 1.35. The van der Waals surface area contributed by atoms with E-state index in [1.54, 1.807) is 0 Å². The van der Waals surface area contributed by atoms with Crippen LogP contribution in [0.25, 0.3) is 16.8 Å². The van der Waals surface area contributed by atoms with Gasteiger partial charge in [-0.25, -0.2) is 9.50 Å². The van der Waals surface area contributed by atoms with Gasteiger partial charge in [-0.15, -0.1) is 0 Å². The molecule has 1 saturated heterocycles. The van der Waals surface area contributed by atoms with E-state index in [9.17, 15) is 0 Å². The summed E-state index contributed by atoms with van der Waals surface area (Å²) in [6, 6.07) is 12.3. The second kappa shape index (κ2) is 6.89. The summed E-state index contributed by atoms with van der Waals surface area (Å²) in [4.78, 5) is 15.4. The highest BCUT2D eigenvalue weighted by Gasteiger charge is 2.27. The summed E-state index contributed by atoms with van der Waals surface area (Å²) >= 11 is 0. The van der Waals surface area contributed by atoms with Crippen molar-refractivity contribution in [3.63, 3.8) is 0 Å². The van der Waals surface area contributed by atoms with Crippen molar-refractivity contribution in [2.75, 3.05) is 13.1 Å². The number of hydrogen-bond donors (Lipinski definition) is 0. The first-order valence-electron chi connectivity index (χ1n) is 9.23. The van der Waals surface area contributed by atoms with E-state index in [2.05, 4.69) is 33.1 Å². The summed E-state index contributed by atoms with van der Waals surface area (Å²) in [5, 5.41) is 4.78. The lowest BCUT2D eigenvalue weighted by molar-refractivity contribution is 0.325. The fourth-order valence-electron chi connectivity index (χ4n) is 3.72. The van der Waals surface area contributed by atoms with Gasteiger partial charge in [-0.1, -0.05) is 0 Å². The molecule has 5 heterocycles. The minimum Gasteiger partial charge on any atom is -0.298 e. The van der Waals surface area contributed by atoms with Crippen LogP contribution in [-0.4, -0.2) is 42.6 Å². The van der Waals surface area contributed by atoms with E-state index >= 15 is 0 Å². The Hall–Kier alpha value is -3.12. The van der Waals surface area contributed by atoms with Gasteiger partial charge in [0.05, 0.1) is 0 Å². The Labute approximate surface area is 157 Å². The zero-order valence-corrected chi connectivity index (χ0v) is 14.9. The Morgan fingerprint density at radius 1 is 0.889 bits per heavy atom. The van der Waals surface area contributed by atoms with Gasteiger partial charge in [0.1, 0.15) is 0 Å². The van der Waals surface area contributed by atoms with Crippen molar-refractivity contribution in [2.24, 2.45) is 0 Å². The minimum atomic E-state index is 0.385. The molecule has 1 atom stereocenters. The predicted octanol–water partition coefficient (Wildman–Crippen LogP) is 3.18. The molecule has 1 aliphatic rings. The van der Waals surface area contributed by atoms with Crippen molar-refractivity contribution in [1.29, 1.82) is 0 Å². The van der Waals surface area contributed by atoms with Crippen molar-refractivity contribution in [3.05, 3.63) is 78.8 Å². The Morgan fingerprint density at radius 3 is 2.48 bits per heavy atom. The summed E-state index contributed by atoms with van der Waals surface area (Å²) in [5.74, 6) is 1.33. The molecule has 6 nitrogen and oxygen atoms in total. The topological polar surface area (TPSA) is 59.2 Å². The van der Waals surface area contributed by atoms with Crippen molar-refractivity contribution in [3.8, 4) is 11.1 Å². The van der Waals surface area contributed by atoms with Crippen molar-refractivity contribution >= 4 is 5.65 Å². The van der Waals surface area contributed by atoms with E-state index in [1.165, 1.54) is 5.56 Å². The van der Waals surface area contributed by atoms with Crippen molar-refractivity contribution < 1.29 is 0 Å². The van der Waals surface area contributed by atoms with Crippen LogP contribution in [0.3, 0.4) is 0 Å². The fraction of sp³-hybridized carbons (Fsp3) is 0.238. The highest BCUT2D eigenvalue weighted by molar-refractivity contribution is 5.63. The number of aromatic nitrogens is 5. The molecular weight excluding hydrogens is 336 g/mol. The van der Waals surface area contributed by atoms with Gasteiger partial charge >= 0.3 is 0 Å². The fourth-order valence-corrected chi connectivity index (χ4v) is 3.72. The second-order valence-electron chi connectivity index (χ2n) is 7.00. The van der Waals surface area contributed by atoms with E-state index in [-0.39, 0.29) is 0 Å². The van der Waals surface area contributed by atoms with Crippen molar-refractivity contribution in [2.45, 2.75) is 18.9 Å². The monoisotopic (exact) mass is 356 g/mol.